The number of nitrogens with zero attached hydrogens (tertiary/aromatic N) is 2. The fourth-order valence-corrected chi connectivity index (χ4v) is 3.41. The summed E-state index contributed by atoms with van der Waals surface area (Å²) in [5.74, 6) is -2.14. The number of hydrogen-bond donors (Lipinski definition) is 5. The van der Waals surface area contributed by atoms with Gasteiger partial charge in [-0.1, -0.05) is 30.3 Å². The number of rotatable bonds is 10. The van der Waals surface area contributed by atoms with Crippen molar-refractivity contribution in [3.05, 3.63) is 35.9 Å². The van der Waals surface area contributed by atoms with Crippen molar-refractivity contribution in [2.45, 2.75) is 38.3 Å². The van der Waals surface area contributed by atoms with E-state index in [1.807, 2.05) is 11.5 Å². The third-order valence-corrected chi connectivity index (χ3v) is 5.34. The summed E-state index contributed by atoms with van der Waals surface area (Å²) in [5.41, 5.74) is 2.59. The largest absolute Gasteiger partial charge is 0.443 e. The van der Waals surface area contributed by atoms with Gasteiger partial charge in [0.2, 0.25) is 11.8 Å². The molecule has 1 saturated heterocycles. The molecule has 204 valence electrons. The van der Waals surface area contributed by atoms with Crippen LogP contribution in [0, 0.1) is 0 Å². The zero-order chi connectivity index (χ0) is 27.3. The number of carbonyl (C=O) groups is 6. The third-order valence-electron chi connectivity index (χ3n) is 5.34. The molecule has 2 aliphatic heterocycles. The van der Waals surface area contributed by atoms with Gasteiger partial charge in [0, 0.05) is 26.1 Å². The molecule has 2 heterocycles. The molecule has 1 atom stereocenters. The van der Waals surface area contributed by atoms with Gasteiger partial charge in [0.15, 0.2) is 5.96 Å². The molecule has 38 heavy (non-hydrogen) atoms. The van der Waals surface area contributed by atoms with Crippen LogP contribution in [0.4, 0.5) is 9.59 Å². The second-order valence-corrected chi connectivity index (χ2v) is 8.26. The molecule has 1 fully saturated rings. The number of guanidine groups is 1. The summed E-state index contributed by atoms with van der Waals surface area (Å²) in [5, 5.41) is 10.4. The molecular weight excluding hydrogens is 502 g/mol. The average molecular weight is 532 g/mol. The van der Waals surface area contributed by atoms with Gasteiger partial charge >= 0.3 is 18.1 Å². The summed E-state index contributed by atoms with van der Waals surface area (Å²) >= 11 is 0. The van der Waals surface area contributed by atoms with Crippen LogP contribution in [0.2, 0.25) is 0 Å². The fourth-order valence-electron chi connectivity index (χ4n) is 3.41. The van der Waals surface area contributed by atoms with Crippen molar-refractivity contribution in [3.63, 3.8) is 0 Å². The van der Waals surface area contributed by atoms with E-state index in [-0.39, 0.29) is 38.3 Å². The van der Waals surface area contributed by atoms with Crippen molar-refractivity contribution in [2.75, 3.05) is 26.2 Å². The average Bonchev–Trinajstić information content (AvgIpc) is 3.18. The highest BCUT2D eigenvalue weighted by Crippen LogP contribution is 2.11. The number of benzene rings is 1. The topological polar surface area (TPSA) is 197 Å². The molecule has 0 spiro atoms. The van der Waals surface area contributed by atoms with Crippen molar-refractivity contribution in [1.29, 1.82) is 0 Å². The highest BCUT2D eigenvalue weighted by molar-refractivity contribution is 6.06. The number of imide groups is 1. The SMILES string of the molecule is O=C(CN1C(=O)N[C@@H](CCC(=O)NC2=NCCCN2)C1=O)NCCC(=O)ONC(=O)OCc1ccccc1. The van der Waals surface area contributed by atoms with E-state index in [0.717, 1.165) is 16.9 Å². The maximum absolute atomic E-state index is 12.5. The molecule has 0 unspecified atom stereocenters. The maximum Gasteiger partial charge on any atom is 0.441 e. The second-order valence-electron chi connectivity index (χ2n) is 8.26. The van der Waals surface area contributed by atoms with Crippen LogP contribution in [0.15, 0.2) is 35.3 Å². The first kappa shape index (κ1) is 27.9. The summed E-state index contributed by atoms with van der Waals surface area (Å²) < 4.78 is 4.89. The monoisotopic (exact) mass is 531 g/mol. The highest BCUT2D eigenvalue weighted by Gasteiger charge is 2.38. The van der Waals surface area contributed by atoms with Gasteiger partial charge < -0.3 is 25.5 Å². The van der Waals surface area contributed by atoms with E-state index in [4.69, 9.17) is 4.74 Å². The molecule has 0 saturated carbocycles. The van der Waals surface area contributed by atoms with Crippen molar-refractivity contribution in [3.8, 4) is 0 Å². The number of nitrogens with one attached hydrogen (secondary N) is 5. The van der Waals surface area contributed by atoms with Crippen LogP contribution < -0.4 is 26.7 Å². The Hall–Kier alpha value is -4.69. The number of amides is 6. The van der Waals surface area contributed by atoms with E-state index in [9.17, 15) is 28.8 Å². The Morgan fingerprint density at radius 1 is 1.08 bits per heavy atom. The molecule has 3 rings (SSSR count). The number of ether oxygens (including phenoxy) is 1. The van der Waals surface area contributed by atoms with Crippen LogP contribution in [-0.2, 0) is 35.4 Å². The van der Waals surface area contributed by atoms with Gasteiger partial charge in [0.1, 0.15) is 19.2 Å². The number of hydrogen-bond acceptors (Lipinski definition) is 10. The Bertz CT molecular complexity index is 1080. The van der Waals surface area contributed by atoms with Crippen LogP contribution in [0.25, 0.3) is 0 Å². The van der Waals surface area contributed by atoms with Gasteiger partial charge in [0.25, 0.3) is 5.91 Å². The minimum atomic E-state index is -0.962. The maximum atomic E-state index is 12.5. The lowest BCUT2D eigenvalue weighted by Crippen LogP contribution is -2.44. The molecule has 15 nitrogen and oxygen atoms in total. The van der Waals surface area contributed by atoms with Crippen molar-refractivity contribution >= 4 is 41.8 Å². The van der Waals surface area contributed by atoms with E-state index in [1.54, 1.807) is 24.3 Å². The molecule has 2 aliphatic rings. The minimum absolute atomic E-state index is 0.00956. The Morgan fingerprint density at radius 3 is 2.61 bits per heavy atom. The van der Waals surface area contributed by atoms with E-state index in [0.29, 0.717) is 19.0 Å². The van der Waals surface area contributed by atoms with Gasteiger partial charge in [0.05, 0.1) is 6.42 Å². The first-order chi connectivity index (χ1) is 18.3. The van der Waals surface area contributed by atoms with Gasteiger partial charge in [-0.2, -0.15) is 0 Å². The Labute approximate surface area is 217 Å². The van der Waals surface area contributed by atoms with Crippen molar-refractivity contribution < 1.29 is 38.3 Å². The van der Waals surface area contributed by atoms with E-state index < -0.39 is 42.5 Å². The molecule has 0 aliphatic carbocycles. The van der Waals surface area contributed by atoms with E-state index in [1.165, 1.54) is 0 Å². The summed E-state index contributed by atoms with van der Waals surface area (Å²) in [6.45, 7) is 0.578. The number of urea groups is 1. The molecule has 0 bridgehead atoms. The Kier molecular flexibility index (Phi) is 10.4. The van der Waals surface area contributed by atoms with Crippen LogP contribution in [0.3, 0.4) is 0 Å². The van der Waals surface area contributed by atoms with Gasteiger partial charge in [-0.3, -0.25) is 29.6 Å². The van der Waals surface area contributed by atoms with Crippen LogP contribution in [-0.4, -0.2) is 78.9 Å². The van der Waals surface area contributed by atoms with Crippen LogP contribution in [0.1, 0.15) is 31.2 Å². The van der Waals surface area contributed by atoms with E-state index >= 15 is 0 Å². The smallest absolute Gasteiger partial charge is 0.441 e. The molecular formula is C23H29N7O8. The highest BCUT2D eigenvalue weighted by atomic mass is 16.7. The second kappa shape index (κ2) is 14.2. The lowest BCUT2D eigenvalue weighted by molar-refractivity contribution is -0.149. The predicted molar refractivity (Wildman–Crippen MR) is 130 cm³/mol. The number of hydroxylamine groups is 1. The number of carbonyl (C=O) groups excluding carboxylic acids is 6. The van der Waals surface area contributed by atoms with Crippen LogP contribution >= 0.6 is 0 Å². The quantitative estimate of drug-likeness (QED) is 0.187. The van der Waals surface area contributed by atoms with Crippen molar-refractivity contribution in [2.24, 2.45) is 4.99 Å². The first-order valence-corrected chi connectivity index (χ1v) is 11.9. The number of aliphatic imine (C=N–C) groups is 1. The molecule has 15 heteroatoms. The summed E-state index contributed by atoms with van der Waals surface area (Å²) in [4.78, 5) is 81.5. The molecule has 5 N–H and O–H groups in total. The normalized spacial score (nSPS) is 16.5. The standard InChI is InChI=1S/C23H29N7O8/c31-17(28-21-25-10-4-11-26-21)8-7-16-20(34)30(22(35)27-16)13-18(32)24-12-9-19(33)38-29-23(36)37-14-15-5-2-1-3-6-15/h1-3,5-6,16H,4,7-14H2,(H,24,32)(H,27,35)(H,29,36)(H2,25,26,28,31)/t16-/m0/s1. The molecule has 0 aromatic heterocycles. The lowest BCUT2D eigenvalue weighted by atomic mass is 10.1. The van der Waals surface area contributed by atoms with Gasteiger partial charge in [-0.05, 0) is 18.4 Å². The molecule has 1 aromatic carbocycles. The molecule has 6 amide bonds. The lowest BCUT2D eigenvalue weighted by Gasteiger charge is -2.15. The summed E-state index contributed by atoms with van der Waals surface area (Å²) in [6.07, 6.45) is -0.361. The van der Waals surface area contributed by atoms with Gasteiger partial charge in [-0.25, -0.2) is 14.4 Å². The third kappa shape index (κ3) is 9.07. The van der Waals surface area contributed by atoms with Crippen LogP contribution in [0.5, 0.6) is 0 Å². The van der Waals surface area contributed by atoms with E-state index in [2.05, 4.69) is 31.1 Å². The first-order valence-electron chi connectivity index (χ1n) is 11.9. The zero-order valence-electron chi connectivity index (χ0n) is 20.5. The van der Waals surface area contributed by atoms with Gasteiger partial charge in [-0.15, -0.1) is 5.48 Å². The molecule has 0 radical (unpaired) electrons. The minimum Gasteiger partial charge on any atom is -0.443 e. The summed E-state index contributed by atoms with van der Waals surface area (Å²) in [7, 11) is 0. The zero-order valence-corrected chi connectivity index (χ0v) is 20.5. The molecule has 1 aromatic rings. The van der Waals surface area contributed by atoms with Crippen molar-refractivity contribution in [1.82, 2.24) is 31.6 Å². The Morgan fingerprint density at radius 2 is 1.87 bits per heavy atom. The fraction of sp³-hybridized carbons (Fsp3) is 0.435. The Balaban J connectivity index is 1.28. The summed E-state index contributed by atoms with van der Waals surface area (Å²) in [6, 6.07) is 7.19. The predicted octanol–water partition coefficient (Wildman–Crippen LogP) is -0.957.